The van der Waals surface area contributed by atoms with Gasteiger partial charge in [0.1, 0.15) is 0 Å². The van der Waals surface area contributed by atoms with Gasteiger partial charge < -0.3 is 10.1 Å². The number of hydrogen-bond donors (Lipinski definition) is 1. The summed E-state index contributed by atoms with van der Waals surface area (Å²) in [5.74, 6) is 0.441. The topological polar surface area (TPSA) is 59.9 Å². The lowest BCUT2D eigenvalue weighted by Crippen LogP contribution is -2.14. The largest absolute Gasteiger partial charge is 0.463 e. The van der Waals surface area contributed by atoms with Crippen LogP contribution in [0.1, 0.15) is 27.2 Å². The fraction of sp³-hybridized carbons (Fsp3) is 0.667. The molecule has 0 spiro atoms. The summed E-state index contributed by atoms with van der Waals surface area (Å²) >= 11 is 5.73. The van der Waals surface area contributed by atoms with Crippen LogP contribution in [0.25, 0.3) is 0 Å². The highest BCUT2D eigenvalue weighted by Gasteiger charge is 2.06. The number of anilines is 1. The predicted octanol–water partition coefficient (Wildman–Crippen LogP) is 2.13. The minimum absolute atomic E-state index is 0.138. The molecule has 0 aromatic carbocycles. The van der Waals surface area contributed by atoms with Crippen molar-refractivity contribution in [3.8, 4) is 6.01 Å². The lowest BCUT2D eigenvalue weighted by molar-refractivity contribution is 0.291. The molecule has 0 radical (unpaired) electrons. The maximum absolute atomic E-state index is 5.73. The summed E-state index contributed by atoms with van der Waals surface area (Å²) in [5.41, 5.74) is 0. The SMILES string of the molecule is CCCOc1nc(Cl)nc(NC(C)C)n1. The van der Waals surface area contributed by atoms with Crippen LogP contribution in [0.3, 0.4) is 0 Å². The average molecular weight is 231 g/mol. The van der Waals surface area contributed by atoms with Crippen molar-refractivity contribution in [3.05, 3.63) is 5.28 Å². The standard InChI is InChI=1S/C9H15ClN4O/c1-4-5-15-9-13-7(10)12-8(14-9)11-6(2)3/h6H,4-5H2,1-3H3,(H,11,12,13,14). The lowest BCUT2D eigenvalue weighted by atomic mass is 10.4. The van der Waals surface area contributed by atoms with Gasteiger partial charge in [0.15, 0.2) is 0 Å². The number of aromatic nitrogens is 3. The van der Waals surface area contributed by atoms with Crippen LogP contribution >= 0.6 is 11.6 Å². The second-order valence-electron chi connectivity index (χ2n) is 3.36. The zero-order chi connectivity index (χ0) is 11.3. The van der Waals surface area contributed by atoms with E-state index in [9.17, 15) is 0 Å². The molecule has 0 bridgehead atoms. The minimum Gasteiger partial charge on any atom is -0.463 e. The lowest BCUT2D eigenvalue weighted by Gasteiger charge is -2.09. The smallest absolute Gasteiger partial charge is 0.322 e. The van der Waals surface area contributed by atoms with E-state index in [1.807, 2.05) is 20.8 Å². The summed E-state index contributed by atoms with van der Waals surface area (Å²) in [6, 6.07) is 0.502. The summed E-state index contributed by atoms with van der Waals surface area (Å²) in [6.45, 7) is 6.56. The van der Waals surface area contributed by atoms with Gasteiger partial charge in [-0.1, -0.05) is 6.92 Å². The molecule has 0 aliphatic heterocycles. The Morgan fingerprint density at radius 1 is 1.33 bits per heavy atom. The second kappa shape index (κ2) is 5.70. The summed E-state index contributed by atoms with van der Waals surface area (Å²) in [5, 5.41) is 3.17. The van der Waals surface area contributed by atoms with E-state index in [0.29, 0.717) is 12.6 Å². The Bertz CT molecular complexity index is 319. The van der Waals surface area contributed by atoms with E-state index in [1.54, 1.807) is 0 Å². The molecule has 1 aromatic rings. The molecule has 0 aliphatic carbocycles. The molecule has 1 aromatic heterocycles. The highest BCUT2D eigenvalue weighted by molar-refractivity contribution is 6.28. The summed E-state index contributed by atoms with van der Waals surface area (Å²) in [6.07, 6.45) is 0.899. The molecule has 15 heavy (non-hydrogen) atoms. The highest BCUT2D eigenvalue weighted by atomic mass is 35.5. The van der Waals surface area contributed by atoms with Crippen molar-refractivity contribution in [2.75, 3.05) is 11.9 Å². The number of rotatable bonds is 5. The maximum Gasteiger partial charge on any atom is 0.322 e. The number of hydrogen-bond acceptors (Lipinski definition) is 5. The number of nitrogens with zero attached hydrogens (tertiary/aromatic N) is 3. The Kier molecular flexibility index (Phi) is 4.55. The molecule has 1 rings (SSSR count). The van der Waals surface area contributed by atoms with E-state index in [0.717, 1.165) is 6.42 Å². The molecule has 5 nitrogen and oxygen atoms in total. The van der Waals surface area contributed by atoms with Crippen molar-refractivity contribution in [2.45, 2.75) is 33.2 Å². The van der Waals surface area contributed by atoms with Gasteiger partial charge in [-0.25, -0.2) is 0 Å². The predicted molar refractivity (Wildman–Crippen MR) is 59.4 cm³/mol. The van der Waals surface area contributed by atoms with Crippen molar-refractivity contribution in [3.63, 3.8) is 0 Å². The molecular formula is C9H15ClN4O. The van der Waals surface area contributed by atoms with Crippen LogP contribution in [0.15, 0.2) is 0 Å². The highest BCUT2D eigenvalue weighted by Crippen LogP contribution is 2.12. The van der Waals surface area contributed by atoms with E-state index in [4.69, 9.17) is 16.3 Å². The summed E-state index contributed by atoms with van der Waals surface area (Å²) in [4.78, 5) is 11.9. The Morgan fingerprint density at radius 2 is 2.07 bits per heavy atom. The van der Waals surface area contributed by atoms with E-state index < -0.39 is 0 Å². The first-order chi connectivity index (χ1) is 7.11. The Balaban J connectivity index is 2.75. The Hall–Kier alpha value is -1.10. The van der Waals surface area contributed by atoms with Gasteiger partial charge in [-0.2, -0.15) is 15.0 Å². The number of nitrogens with one attached hydrogen (secondary N) is 1. The van der Waals surface area contributed by atoms with Gasteiger partial charge in [0.25, 0.3) is 0 Å². The van der Waals surface area contributed by atoms with Crippen molar-refractivity contribution in [1.29, 1.82) is 0 Å². The Labute approximate surface area is 94.2 Å². The van der Waals surface area contributed by atoms with Gasteiger partial charge in [0.2, 0.25) is 11.2 Å². The van der Waals surface area contributed by atoms with Gasteiger partial charge in [-0.15, -0.1) is 0 Å². The summed E-state index contributed by atoms with van der Waals surface area (Å²) < 4.78 is 5.27. The van der Waals surface area contributed by atoms with Crippen LogP contribution in [0.5, 0.6) is 6.01 Å². The zero-order valence-electron chi connectivity index (χ0n) is 9.12. The van der Waals surface area contributed by atoms with Crippen molar-refractivity contribution >= 4 is 17.5 Å². The molecule has 0 saturated heterocycles. The molecule has 1 heterocycles. The third-order valence-electron chi connectivity index (χ3n) is 1.44. The molecule has 0 amide bonds. The molecule has 1 N–H and O–H groups in total. The number of halogens is 1. The first-order valence-electron chi connectivity index (χ1n) is 4.92. The van der Waals surface area contributed by atoms with Crippen LogP contribution in [0, 0.1) is 0 Å². The molecule has 84 valence electrons. The normalized spacial score (nSPS) is 10.5. The monoisotopic (exact) mass is 230 g/mol. The molecule has 0 atom stereocenters. The third kappa shape index (κ3) is 4.29. The van der Waals surface area contributed by atoms with Crippen molar-refractivity contribution in [1.82, 2.24) is 15.0 Å². The molecule has 0 unspecified atom stereocenters. The van der Waals surface area contributed by atoms with Gasteiger partial charge >= 0.3 is 6.01 Å². The second-order valence-corrected chi connectivity index (χ2v) is 3.70. The van der Waals surface area contributed by atoms with Gasteiger partial charge in [0.05, 0.1) is 6.61 Å². The molecule has 0 aliphatic rings. The van der Waals surface area contributed by atoms with Crippen LogP contribution in [0.2, 0.25) is 5.28 Å². The van der Waals surface area contributed by atoms with E-state index in [2.05, 4.69) is 20.3 Å². The van der Waals surface area contributed by atoms with E-state index in [-0.39, 0.29) is 17.3 Å². The quantitative estimate of drug-likeness (QED) is 0.840. The van der Waals surface area contributed by atoms with Gasteiger partial charge in [0, 0.05) is 6.04 Å². The minimum atomic E-state index is 0.138. The Morgan fingerprint density at radius 3 is 2.67 bits per heavy atom. The van der Waals surface area contributed by atoms with Gasteiger partial charge in [-0.05, 0) is 31.9 Å². The number of ether oxygens (including phenoxy) is 1. The summed E-state index contributed by atoms with van der Waals surface area (Å²) in [7, 11) is 0. The van der Waals surface area contributed by atoms with Crippen LogP contribution in [-0.2, 0) is 0 Å². The van der Waals surface area contributed by atoms with Crippen molar-refractivity contribution in [2.24, 2.45) is 0 Å². The van der Waals surface area contributed by atoms with Crippen molar-refractivity contribution < 1.29 is 4.74 Å². The first-order valence-corrected chi connectivity index (χ1v) is 5.30. The fourth-order valence-corrected chi connectivity index (χ4v) is 1.06. The van der Waals surface area contributed by atoms with E-state index in [1.165, 1.54) is 0 Å². The zero-order valence-corrected chi connectivity index (χ0v) is 9.88. The third-order valence-corrected chi connectivity index (χ3v) is 1.61. The molecule has 0 fully saturated rings. The fourth-order valence-electron chi connectivity index (χ4n) is 0.913. The van der Waals surface area contributed by atoms with Crippen LogP contribution in [-0.4, -0.2) is 27.6 Å². The maximum atomic E-state index is 5.73. The molecule has 0 saturated carbocycles. The van der Waals surface area contributed by atoms with Gasteiger partial charge in [-0.3, -0.25) is 0 Å². The first kappa shape index (κ1) is 12.0. The van der Waals surface area contributed by atoms with Crippen LogP contribution in [0.4, 0.5) is 5.95 Å². The average Bonchev–Trinajstić information content (AvgIpc) is 2.12. The molecule has 6 heteroatoms. The van der Waals surface area contributed by atoms with Crippen LogP contribution < -0.4 is 10.1 Å². The van der Waals surface area contributed by atoms with E-state index >= 15 is 0 Å². The molecular weight excluding hydrogens is 216 g/mol.